The molecule has 1 fully saturated rings. The van der Waals surface area contributed by atoms with Gasteiger partial charge in [0.2, 0.25) is 5.95 Å². The molecule has 1 saturated heterocycles. The molecule has 3 heterocycles. The fraction of sp³-hybridized carbons (Fsp3) is 0.444. The molecule has 1 N–H and O–H groups in total. The number of hydrogen-bond donors (Lipinski definition) is 1. The van der Waals surface area contributed by atoms with Crippen LogP contribution < -0.4 is 19.3 Å². The molecule has 0 amide bonds. The number of nitrogens with zero attached hydrogens (tertiary/aromatic N) is 3. The number of ether oxygens (including phenoxy) is 2. The van der Waals surface area contributed by atoms with Crippen molar-refractivity contribution in [3.63, 3.8) is 0 Å². The van der Waals surface area contributed by atoms with Crippen LogP contribution in [-0.4, -0.2) is 49.4 Å². The number of halogens is 1. The van der Waals surface area contributed by atoms with Crippen molar-refractivity contribution in [1.82, 2.24) is 9.97 Å². The lowest BCUT2D eigenvalue weighted by Gasteiger charge is -2.32. The van der Waals surface area contributed by atoms with Crippen LogP contribution in [0.2, 0.25) is 5.02 Å². The number of piperazine rings is 1. The topological polar surface area (TPSA) is 51.9 Å². The molecule has 7 heteroatoms. The summed E-state index contributed by atoms with van der Waals surface area (Å²) >= 11 is 6.40. The van der Waals surface area contributed by atoms with Gasteiger partial charge in [-0.2, -0.15) is 0 Å². The quantitative estimate of drug-likeness (QED) is 0.890. The predicted molar refractivity (Wildman–Crippen MR) is 95.7 cm³/mol. The Kier molecular flexibility index (Phi) is 4.90. The van der Waals surface area contributed by atoms with Gasteiger partial charge >= 0.3 is 0 Å². The Bertz CT molecular complexity index is 721. The van der Waals surface area contributed by atoms with Gasteiger partial charge in [-0.25, -0.2) is 9.97 Å². The largest absolute Gasteiger partial charge is 0.489 e. The molecule has 2 aliphatic heterocycles. The summed E-state index contributed by atoms with van der Waals surface area (Å²) < 4.78 is 11.5. The number of benzene rings is 1. The van der Waals surface area contributed by atoms with Crippen molar-refractivity contribution >= 4 is 17.5 Å². The zero-order valence-electron chi connectivity index (χ0n) is 14.1. The highest BCUT2D eigenvalue weighted by Gasteiger charge is 2.23. The fourth-order valence-electron chi connectivity index (χ4n) is 3.33. The molecule has 4 rings (SSSR count). The number of nitrogens with one attached hydrogen (secondary N) is 1. The van der Waals surface area contributed by atoms with Crippen LogP contribution in [0, 0.1) is 0 Å². The second-order valence-electron chi connectivity index (χ2n) is 6.42. The molecule has 0 atom stereocenters. The van der Waals surface area contributed by atoms with Gasteiger partial charge < -0.3 is 19.3 Å². The molecular formula is C18H22ClN4O2+. The van der Waals surface area contributed by atoms with Gasteiger partial charge in [0.05, 0.1) is 44.4 Å². The van der Waals surface area contributed by atoms with Gasteiger partial charge in [-0.3, -0.25) is 0 Å². The van der Waals surface area contributed by atoms with E-state index in [1.807, 2.05) is 12.1 Å². The van der Waals surface area contributed by atoms with Gasteiger partial charge in [-0.1, -0.05) is 11.6 Å². The first-order valence-corrected chi connectivity index (χ1v) is 9.11. The summed E-state index contributed by atoms with van der Waals surface area (Å²) in [7, 11) is 0. The molecule has 2 aromatic rings. The fourth-order valence-corrected chi connectivity index (χ4v) is 3.62. The number of aromatic nitrogens is 2. The van der Waals surface area contributed by atoms with E-state index in [1.165, 1.54) is 10.5 Å². The average Bonchev–Trinajstić information content (AvgIpc) is 2.89. The summed E-state index contributed by atoms with van der Waals surface area (Å²) in [5.41, 5.74) is 1.19. The number of rotatable bonds is 3. The second-order valence-corrected chi connectivity index (χ2v) is 6.83. The summed E-state index contributed by atoms with van der Waals surface area (Å²) in [6.07, 6.45) is 4.47. The minimum atomic E-state index is 0.644. The number of anilines is 1. The highest BCUT2D eigenvalue weighted by Crippen LogP contribution is 2.37. The molecule has 0 unspecified atom stereocenters. The zero-order chi connectivity index (χ0) is 17.1. The molecule has 0 bridgehead atoms. The monoisotopic (exact) mass is 361 g/mol. The first-order chi connectivity index (χ1) is 12.3. The number of hydrogen-bond acceptors (Lipinski definition) is 5. The van der Waals surface area contributed by atoms with Crippen LogP contribution in [0.1, 0.15) is 12.0 Å². The van der Waals surface area contributed by atoms with Gasteiger partial charge in [0.15, 0.2) is 11.5 Å². The lowest BCUT2D eigenvalue weighted by atomic mass is 10.1. The van der Waals surface area contributed by atoms with E-state index in [0.29, 0.717) is 24.0 Å². The van der Waals surface area contributed by atoms with E-state index in [-0.39, 0.29) is 0 Å². The van der Waals surface area contributed by atoms with Crippen LogP contribution in [0.25, 0.3) is 0 Å². The maximum atomic E-state index is 6.40. The Balaban J connectivity index is 1.40. The third kappa shape index (κ3) is 3.80. The lowest BCUT2D eigenvalue weighted by Crippen LogP contribution is -3.13. The number of fused-ring (bicyclic) bond motifs is 1. The Hall–Kier alpha value is -2.05. The molecule has 0 spiro atoms. The van der Waals surface area contributed by atoms with Crippen molar-refractivity contribution in [3.8, 4) is 11.5 Å². The molecule has 6 nitrogen and oxygen atoms in total. The molecule has 0 radical (unpaired) electrons. The first kappa shape index (κ1) is 16.4. The molecule has 132 valence electrons. The van der Waals surface area contributed by atoms with E-state index in [4.69, 9.17) is 21.1 Å². The van der Waals surface area contributed by atoms with E-state index in [0.717, 1.165) is 50.8 Å². The average molecular weight is 362 g/mol. The third-order valence-corrected chi connectivity index (χ3v) is 4.90. The van der Waals surface area contributed by atoms with E-state index < -0.39 is 0 Å². The van der Waals surface area contributed by atoms with Crippen molar-refractivity contribution in [1.29, 1.82) is 0 Å². The summed E-state index contributed by atoms with van der Waals surface area (Å²) in [6, 6.07) is 5.93. The van der Waals surface area contributed by atoms with Gasteiger partial charge in [0.1, 0.15) is 6.54 Å². The maximum absolute atomic E-state index is 6.40. The van der Waals surface area contributed by atoms with Crippen molar-refractivity contribution in [2.45, 2.75) is 13.0 Å². The Morgan fingerprint density at radius 1 is 1.08 bits per heavy atom. The second kappa shape index (κ2) is 7.45. The summed E-state index contributed by atoms with van der Waals surface area (Å²) in [6.45, 7) is 6.26. The van der Waals surface area contributed by atoms with Gasteiger partial charge in [0.25, 0.3) is 0 Å². The zero-order valence-corrected chi connectivity index (χ0v) is 14.8. The summed E-state index contributed by atoms with van der Waals surface area (Å²) in [4.78, 5) is 12.4. The summed E-state index contributed by atoms with van der Waals surface area (Å²) in [5, 5.41) is 0.644. The normalized spacial score (nSPS) is 18.0. The molecule has 0 aliphatic carbocycles. The van der Waals surface area contributed by atoms with Gasteiger partial charge in [-0.05, 0) is 18.2 Å². The number of quaternary nitrogens is 1. The SMILES string of the molecule is Clc1cc(C[NH+]2CCN(c3ncccn3)CC2)cc2c1OCCCO2. The van der Waals surface area contributed by atoms with Crippen molar-refractivity contribution in [2.75, 3.05) is 44.3 Å². The van der Waals surface area contributed by atoms with Crippen molar-refractivity contribution in [2.24, 2.45) is 0 Å². The van der Waals surface area contributed by atoms with Crippen LogP contribution in [-0.2, 0) is 6.54 Å². The minimum absolute atomic E-state index is 0.644. The molecular weight excluding hydrogens is 340 g/mol. The van der Waals surface area contributed by atoms with Crippen molar-refractivity contribution < 1.29 is 14.4 Å². The smallest absolute Gasteiger partial charge is 0.225 e. The standard InChI is InChI=1S/C18H21ClN4O2/c19-15-11-14(12-16-17(15)25-10-2-9-24-16)13-22-5-7-23(8-6-22)18-20-3-1-4-21-18/h1,3-4,11-12H,2,5-10,13H2/p+1. The molecule has 1 aromatic carbocycles. The van der Waals surface area contributed by atoms with Crippen LogP contribution in [0.3, 0.4) is 0 Å². The first-order valence-electron chi connectivity index (χ1n) is 8.73. The van der Waals surface area contributed by atoms with Crippen molar-refractivity contribution in [3.05, 3.63) is 41.2 Å². The van der Waals surface area contributed by atoms with E-state index >= 15 is 0 Å². The van der Waals surface area contributed by atoms with Crippen LogP contribution >= 0.6 is 11.6 Å². The Morgan fingerprint density at radius 3 is 2.64 bits per heavy atom. The molecule has 1 aromatic heterocycles. The lowest BCUT2D eigenvalue weighted by molar-refractivity contribution is -0.914. The highest BCUT2D eigenvalue weighted by molar-refractivity contribution is 6.32. The van der Waals surface area contributed by atoms with E-state index in [9.17, 15) is 0 Å². The molecule has 0 saturated carbocycles. The van der Waals surface area contributed by atoms with Gasteiger partial charge in [0, 0.05) is 24.4 Å². The van der Waals surface area contributed by atoms with Crippen LogP contribution in [0.15, 0.2) is 30.6 Å². The molecule has 2 aliphatic rings. The maximum Gasteiger partial charge on any atom is 0.225 e. The third-order valence-electron chi connectivity index (χ3n) is 4.62. The minimum Gasteiger partial charge on any atom is -0.489 e. The Labute approximate surface area is 152 Å². The van der Waals surface area contributed by atoms with Gasteiger partial charge in [-0.15, -0.1) is 0 Å². The highest BCUT2D eigenvalue weighted by atomic mass is 35.5. The Morgan fingerprint density at radius 2 is 1.84 bits per heavy atom. The van der Waals surface area contributed by atoms with Crippen LogP contribution in [0.5, 0.6) is 11.5 Å². The predicted octanol–water partition coefficient (Wildman–Crippen LogP) is 1.20. The molecule has 25 heavy (non-hydrogen) atoms. The van der Waals surface area contributed by atoms with E-state index in [1.54, 1.807) is 12.4 Å². The van der Waals surface area contributed by atoms with E-state index in [2.05, 4.69) is 20.9 Å². The summed E-state index contributed by atoms with van der Waals surface area (Å²) in [5.74, 6) is 2.28. The van der Waals surface area contributed by atoms with Crippen LogP contribution in [0.4, 0.5) is 5.95 Å².